The van der Waals surface area contributed by atoms with E-state index in [1.165, 1.54) is 9.13 Å². The molecule has 0 amide bonds. The van der Waals surface area contributed by atoms with Crippen LogP contribution in [0.2, 0.25) is 0 Å². The van der Waals surface area contributed by atoms with E-state index in [1.807, 2.05) is 48.5 Å². The number of aryl methyl sites for hydroxylation is 1. The molecule has 174 valence electrons. The van der Waals surface area contributed by atoms with Gasteiger partial charge < -0.3 is 0 Å². The van der Waals surface area contributed by atoms with Crippen molar-refractivity contribution >= 4 is 32.8 Å². The smallest absolute Gasteiger partial charge is 0.293 e. The molecule has 0 saturated heterocycles. The van der Waals surface area contributed by atoms with Crippen molar-refractivity contribution in [2.75, 3.05) is 0 Å². The van der Waals surface area contributed by atoms with E-state index in [1.54, 1.807) is 33.3 Å². The first-order valence-electron chi connectivity index (χ1n) is 13.4. The third-order valence-corrected chi connectivity index (χ3v) is 6.55. The lowest BCUT2D eigenvalue weighted by Gasteiger charge is -2.16. The largest absolute Gasteiger partial charge is 0.333 e. The predicted molar refractivity (Wildman–Crippen MR) is 143 cm³/mol. The number of hydrogen-bond donors (Lipinski definition) is 0. The highest BCUT2D eigenvalue weighted by atomic mass is 16.1. The summed E-state index contributed by atoms with van der Waals surface area (Å²) in [5.41, 5.74) is 2.10. The summed E-state index contributed by atoms with van der Waals surface area (Å²) in [6.07, 6.45) is 3.35. The first-order valence-corrected chi connectivity index (χ1v) is 11.4. The third-order valence-electron chi connectivity index (χ3n) is 6.55. The molecule has 0 unspecified atom stereocenters. The third kappa shape index (κ3) is 3.29. The van der Waals surface area contributed by atoms with Crippen LogP contribution in [0.25, 0.3) is 49.7 Å². The highest BCUT2D eigenvalue weighted by molar-refractivity contribution is 6.04. The SMILES string of the molecule is [2H]c1c([2H])c(C(C)(C)C#N)c([2H])c([2H])c1-n1c(=O)n(C)c2cnc3ccc(-c4cnc5ccccc5c4)cc3c21. The van der Waals surface area contributed by atoms with Crippen molar-refractivity contribution in [2.24, 2.45) is 7.05 Å². The average Bonchev–Trinajstić information content (AvgIpc) is 3.21. The van der Waals surface area contributed by atoms with E-state index in [0.29, 0.717) is 21.9 Å². The van der Waals surface area contributed by atoms with Gasteiger partial charge in [-0.25, -0.2) is 4.79 Å². The molecule has 0 atom stereocenters. The quantitative estimate of drug-likeness (QED) is 0.321. The zero-order chi connectivity index (χ0) is 28.5. The average molecular weight is 474 g/mol. The Balaban J connectivity index is 1.69. The molecule has 0 radical (unpaired) electrons. The van der Waals surface area contributed by atoms with Gasteiger partial charge in [0.25, 0.3) is 0 Å². The lowest BCUT2D eigenvalue weighted by atomic mass is 9.86. The highest BCUT2D eigenvalue weighted by Crippen LogP contribution is 2.31. The molecule has 0 N–H and O–H groups in total. The number of benzene rings is 3. The monoisotopic (exact) mass is 473 g/mol. The number of imidazole rings is 1. The molecule has 3 aromatic heterocycles. The van der Waals surface area contributed by atoms with Crippen LogP contribution in [0.1, 0.15) is 24.9 Å². The van der Waals surface area contributed by atoms with Crippen LogP contribution in [0, 0.1) is 11.3 Å². The van der Waals surface area contributed by atoms with Gasteiger partial charge >= 0.3 is 5.69 Å². The molecule has 3 heterocycles. The van der Waals surface area contributed by atoms with Crippen molar-refractivity contribution in [3.8, 4) is 22.9 Å². The summed E-state index contributed by atoms with van der Waals surface area (Å²) in [6.45, 7) is 3.09. The standard InChI is InChI=1S/C30H23N5O/c1-30(2,18-31)22-9-11-23(12-10-22)35-28-24-15-19(21-14-20-6-4-5-7-25(20)32-16-21)8-13-26(24)33-17-27(28)34(3)29(35)36/h4-17H,1-3H3/i9D,10D,11D,12D. The summed E-state index contributed by atoms with van der Waals surface area (Å²) in [5.74, 6) is 0. The molecule has 0 bridgehead atoms. The Bertz CT molecular complexity index is 2110. The van der Waals surface area contributed by atoms with Gasteiger partial charge in [-0.15, -0.1) is 0 Å². The second kappa shape index (κ2) is 7.89. The lowest BCUT2D eigenvalue weighted by molar-refractivity contribution is 0.686. The fourth-order valence-corrected chi connectivity index (χ4v) is 4.40. The van der Waals surface area contributed by atoms with Crippen molar-refractivity contribution in [1.29, 1.82) is 5.26 Å². The summed E-state index contributed by atoms with van der Waals surface area (Å²) in [7, 11) is 1.58. The summed E-state index contributed by atoms with van der Waals surface area (Å²) in [6, 6.07) is 16.1. The van der Waals surface area contributed by atoms with Crippen LogP contribution in [-0.2, 0) is 12.5 Å². The lowest BCUT2D eigenvalue weighted by Crippen LogP contribution is -2.21. The van der Waals surface area contributed by atoms with Gasteiger partial charge in [0.05, 0.1) is 50.9 Å². The number of nitrogens with zero attached hydrogens (tertiary/aromatic N) is 5. The van der Waals surface area contributed by atoms with E-state index in [0.717, 1.165) is 22.0 Å². The zero-order valence-corrected chi connectivity index (χ0v) is 19.9. The van der Waals surface area contributed by atoms with Gasteiger partial charge in [-0.2, -0.15) is 5.26 Å². The van der Waals surface area contributed by atoms with Crippen molar-refractivity contribution in [3.63, 3.8) is 0 Å². The van der Waals surface area contributed by atoms with Crippen LogP contribution >= 0.6 is 0 Å². The second-order valence-corrected chi connectivity index (χ2v) is 9.28. The maximum Gasteiger partial charge on any atom is 0.333 e. The van der Waals surface area contributed by atoms with Gasteiger partial charge in [-0.1, -0.05) is 36.4 Å². The first-order chi connectivity index (χ1) is 19.0. The highest BCUT2D eigenvalue weighted by Gasteiger charge is 2.21. The van der Waals surface area contributed by atoms with Gasteiger partial charge in [0.2, 0.25) is 0 Å². The van der Waals surface area contributed by atoms with E-state index in [4.69, 9.17) is 5.48 Å². The van der Waals surface area contributed by atoms with Crippen LogP contribution in [0.3, 0.4) is 0 Å². The molecule has 6 aromatic rings. The predicted octanol–water partition coefficient (Wildman–Crippen LogP) is 5.89. The van der Waals surface area contributed by atoms with Crippen LogP contribution in [0.15, 0.2) is 89.9 Å². The van der Waals surface area contributed by atoms with Crippen molar-refractivity contribution < 1.29 is 5.48 Å². The van der Waals surface area contributed by atoms with Crippen molar-refractivity contribution in [2.45, 2.75) is 19.3 Å². The summed E-state index contributed by atoms with van der Waals surface area (Å²) < 4.78 is 37.6. The molecule has 0 spiro atoms. The van der Waals surface area contributed by atoms with E-state index in [-0.39, 0.29) is 23.3 Å². The fraction of sp³-hybridized carbons (Fsp3) is 0.133. The van der Waals surface area contributed by atoms with Crippen LogP contribution < -0.4 is 5.69 Å². The minimum Gasteiger partial charge on any atom is -0.293 e. The summed E-state index contributed by atoms with van der Waals surface area (Å²) in [4.78, 5) is 22.8. The number of fused-ring (bicyclic) bond motifs is 4. The molecule has 0 fully saturated rings. The van der Waals surface area contributed by atoms with E-state index >= 15 is 0 Å². The first kappa shape index (κ1) is 17.6. The molecule has 0 aliphatic heterocycles. The van der Waals surface area contributed by atoms with Gasteiger partial charge in [-0.05, 0) is 61.3 Å². The molecule has 36 heavy (non-hydrogen) atoms. The maximum atomic E-state index is 13.6. The number of pyridine rings is 2. The summed E-state index contributed by atoms with van der Waals surface area (Å²) >= 11 is 0. The molecular formula is C30H23N5O. The van der Waals surface area contributed by atoms with Crippen LogP contribution in [-0.4, -0.2) is 19.1 Å². The van der Waals surface area contributed by atoms with Gasteiger partial charge in [0.1, 0.15) is 0 Å². The van der Waals surface area contributed by atoms with E-state index in [9.17, 15) is 10.1 Å². The van der Waals surface area contributed by atoms with E-state index in [2.05, 4.69) is 16.0 Å². The Morgan fingerprint density at radius 1 is 0.944 bits per heavy atom. The van der Waals surface area contributed by atoms with Crippen LogP contribution in [0.5, 0.6) is 0 Å². The molecule has 3 aromatic carbocycles. The maximum absolute atomic E-state index is 13.6. The van der Waals surface area contributed by atoms with Gasteiger partial charge in [-0.3, -0.25) is 19.1 Å². The second-order valence-electron chi connectivity index (χ2n) is 9.28. The Hall–Kier alpha value is -4.76. The number of para-hydroxylation sites is 1. The molecule has 6 heteroatoms. The summed E-state index contributed by atoms with van der Waals surface area (Å²) in [5, 5.41) is 11.2. The van der Waals surface area contributed by atoms with Crippen molar-refractivity contribution in [3.05, 3.63) is 101 Å². The molecule has 0 aliphatic rings. The molecular weight excluding hydrogens is 446 g/mol. The number of nitriles is 1. The molecule has 0 aliphatic carbocycles. The molecule has 6 nitrogen and oxygen atoms in total. The van der Waals surface area contributed by atoms with Crippen molar-refractivity contribution in [1.82, 2.24) is 19.1 Å². The topological polar surface area (TPSA) is 76.5 Å². The number of hydrogen-bond acceptors (Lipinski definition) is 4. The van der Waals surface area contributed by atoms with Gasteiger partial charge in [0, 0.05) is 29.6 Å². The molecule has 0 saturated carbocycles. The normalized spacial score (nSPS) is 13.4. The van der Waals surface area contributed by atoms with Crippen LogP contribution in [0.4, 0.5) is 0 Å². The number of aromatic nitrogens is 4. The zero-order valence-electron chi connectivity index (χ0n) is 23.9. The number of rotatable bonds is 3. The minimum absolute atomic E-state index is 0.0142. The fourth-order valence-electron chi connectivity index (χ4n) is 4.40. The Morgan fingerprint density at radius 3 is 2.47 bits per heavy atom. The minimum atomic E-state index is -1.26. The van der Waals surface area contributed by atoms with Gasteiger partial charge in [0.15, 0.2) is 0 Å². The Morgan fingerprint density at radius 2 is 1.69 bits per heavy atom. The molecule has 6 rings (SSSR count). The Kier molecular flexibility index (Phi) is 3.87. The Labute approximate surface area is 213 Å². The van der Waals surface area contributed by atoms with E-state index < -0.39 is 23.2 Å².